The summed E-state index contributed by atoms with van der Waals surface area (Å²) in [6, 6.07) is 6.31. The summed E-state index contributed by atoms with van der Waals surface area (Å²) >= 11 is 14.3. The number of rotatable bonds is 5. The van der Waals surface area contributed by atoms with Crippen LogP contribution in [0.5, 0.6) is 0 Å². The zero-order valence-electron chi connectivity index (χ0n) is 12.2. The zero-order chi connectivity index (χ0) is 14.5. The minimum absolute atomic E-state index is 0.572. The Bertz CT molecular complexity index is 438. The molecule has 0 bridgehead atoms. The van der Waals surface area contributed by atoms with Crippen LogP contribution in [0.25, 0.3) is 0 Å². The second-order valence-electron chi connectivity index (χ2n) is 5.59. The molecule has 3 unspecified atom stereocenters. The first kappa shape index (κ1) is 16.5. The molecule has 0 heterocycles. The topological polar surface area (TPSA) is 12.0 Å². The highest BCUT2D eigenvalue weighted by Crippen LogP contribution is 2.41. The summed E-state index contributed by atoms with van der Waals surface area (Å²) < 4.78 is 0. The molecule has 1 aliphatic carbocycles. The Morgan fingerprint density at radius 1 is 1.30 bits per heavy atom. The predicted octanol–water partition coefficient (Wildman–Crippen LogP) is 5.64. The van der Waals surface area contributed by atoms with E-state index in [0.717, 1.165) is 20.9 Å². The fourth-order valence-corrected chi connectivity index (χ4v) is 5.07. The Balaban J connectivity index is 2.09. The van der Waals surface area contributed by atoms with Gasteiger partial charge in [-0.05, 0) is 50.4 Å². The van der Waals surface area contributed by atoms with Crippen LogP contribution in [0.4, 0.5) is 0 Å². The fourth-order valence-electron chi connectivity index (χ4n) is 3.07. The van der Waals surface area contributed by atoms with Crippen molar-refractivity contribution in [1.29, 1.82) is 0 Å². The Morgan fingerprint density at radius 3 is 2.80 bits per heavy atom. The smallest absolute Gasteiger partial charge is 0.0543 e. The number of halogens is 2. The molecule has 0 aliphatic heterocycles. The summed E-state index contributed by atoms with van der Waals surface area (Å²) in [5.74, 6) is 0.861. The second-order valence-corrected chi connectivity index (χ2v) is 7.72. The van der Waals surface area contributed by atoms with Crippen molar-refractivity contribution >= 4 is 35.0 Å². The van der Waals surface area contributed by atoms with Crippen LogP contribution in [0.1, 0.15) is 39.0 Å². The standard InChI is InChI=1S/C16H23Cl2NS/c1-3-4-11-5-8-14(19-2)16(9-11)20-15-10-12(17)6-7-13(15)18/h6-7,10-11,14,16,19H,3-5,8-9H2,1-2H3. The predicted molar refractivity (Wildman–Crippen MR) is 91.2 cm³/mol. The second kappa shape index (κ2) is 7.93. The van der Waals surface area contributed by atoms with Gasteiger partial charge in [0.05, 0.1) is 5.02 Å². The Hall–Kier alpha value is 0.110. The van der Waals surface area contributed by atoms with Crippen LogP contribution in [-0.4, -0.2) is 18.3 Å². The van der Waals surface area contributed by atoms with Crippen molar-refractivity contribution in [2.45, 2.75) is 55.2 Å². The maximum atomic E-state index is 6.30. The molecule has 1 aliphatic rings. The van der Waals surface area contributed by atoms with Crippen molar-refractivity contribution in [1.82, 2.24) is 5.32 Å². The number of hydrogen-bond acceptors (Lipinski definition) is 2. The molecular weight excluding hydrogens is 309 g/mol. The highest BCUT2D eigenvalue weighted by atomic mass is 35.5. The molecule has 0 aromatic heterocycles. The van der Waals surface area contributed by atoms with Crippen molar-refractivity contribution < 1.29 is 0 Å². The third kappa shape index (κ3) is 4.30. The van der Waals surface area contributed by atoms with E-state index in [4.69, 9.17) is 23.2 Å². The summed E-state index contributed by atoms with van der Waals surface area (Å²) in [4.78, 5) is 1.11. The van der Waals surface area contributed by atoms with E-state index in [1.165, 1.54) is 32.1 Å². The first-order valence-corrected chi connectivity index (χ1v) is 9.06. The highest BCUT2D eigenvalue weighted by molar-refractivity contribution is 8.00. The maximum Gasteiger partial charge on any atom is 0.0543 e. The Morgan fingerprint density at radius 2 is 2.10 bits per heavy atom. The number of thioether (sulfide) groups is 1. The Labute approximate surface area is 136 Å². The molecule has 20 heavy (non-hydrogen) atoms. The lowest BCUT2D eigenvalue weighted by Gasteiger charge is -2.36. The van der Waals surface area contributed by atoms with Gasteiger partial charge in [0.1, 0.15) is 0 Å². The van der Waals surface area contributed by atoms with Gasteiger partial charge in [-0.3, -0.25) is 0 Å². The number of nitrogens with one attached hydrogen (secondary N) is 1. The van der Waals surface area contributed by atoms with Crippen molar-refractivity contribution in [3.05, 3.63) is 28.2 Å². The minimum Gasteiger partial charge on any atom is -0.316 e. The molecule has 112 valence electrons. The molecule has 1 nitrogen and oxygen atoms in total. The zero-order valence-corrected chi connectivity index (χ0v) is 14.5. The largest absolute Gasteiger partial charge is 0.316 e. The lowest BCUT2D eigenvalue weighted by Crippen LogP contribution is -2.40. The van der Waals surface area contributed by atoms with Crippen LogP contribution in [0.2, 0.25) is 10.0 Å². The van der Waals surface area contributed by atoms with Gasteiger partial charge in [-0.2, -0.15) is 0 Å². The van der Waals surface area contributed by atoms with Crippen molar-refractivity contribution in [2.24, 2.45) is 5.92 Å². The van der Waals surface area contributed by atoms with Gasteiger partial charge in [-0.15, -0.1) is 11.8 Å². The van der Waals surface area contributed by atoms with Crippen molar-refractivity contribution in [2.75, 3.05) is 7.05 Å². The maximum absolute atomic E-state index is 6.30. The molecule has 0 radical (unpaired) electrons. The van der Waals surface area contributed by atoms with E-state index in [2.05, 4.69) is 19.3 Å². The summed E-state index contributed by atoms with van der Waals surface area (Å²) in [6.45, 7) is 2.28. The molecular formula is C16H23Cl2NS. The monoisotopic (exact) mass is 331 g/mol. The number of benzene rings is 1. The average Bonchev–Trinajstić information content (AvgIpc) is 2.44. The van der Waals surface area contributed by atoms with Crippen LogP contribution in [0, 0.1) is 5.92 Å². The molecule has 0 saturated heterocycles. The molecule has 2 rings (SSSR count). The molecule has 3 atom stereocenters. The van der Waals surface area contributed by atoms with E-state index in [1.807, 2.05) is 30.0 Å². The average molecular weight is 332 g/mol. The van der Waals surface area contributed by atoms with Crippen molar-refractivity contribution in [3.63, 3.8) is 0 Å². The van der Waals surface area contributed by atoms with Crippen LogP contribution in [0.3, 0.4) is 0 Å². The lowest BCUT2D eigenvalue weighted by atomic mass is 9.83. The lowest BCUT2D eigenvalue weighted by molar-refractivity contribution is 0.295. The van der Waals surface area contributed by atoms with E-state index in [1.54, 1.807) is 0 Å². The summed E-state index contributed by atoms with van der Waals surface area (Å²) in [5, 5.41) is 5.63. The molecule has 1 fully saturated rings. The van der Waals surface area contributed by atoms with Gasteiger partial charge in [0.2, 0.25) is 0 Å². The van der Waals surface area contributed by atoms with E-state index in [-0.39, 0.29) is 0 Å². The molecule has 0 amide bonds. The van der Waals surface area contributed by atoms with Gasteiger partial charge in [-0.1, -0.05) is 43.0 Å². The van der Waals surface area contributed by atoms with Gasteiger partial charge >= 0.3 is 0 Å². The molecule has 1 aromatic rings. The normalized spacial score (nSPS) is 26.7. The third-order valence-corrected chi connectivity index (χ3v) is 6.23. The number of hydrogen-bond donors (Lipinski definition) is 1. The van der Waals surface area contributed by atoms with Crippen LogP contribution < -0.4 is 5.32 Å². The van der Waals surface area contributed by atoms with Gasteiger partial charge in [0.25, 0.3) is 0 Å². The van der Waals surface area contributed by atoms with Gasteiger partial charge in [0.15, 0.2) is 0 Å². The summed E-state index contributed by atoms with van der Waals surface area (Å²) in [5.41, 5.74) is 0. The van der Waals surface area contributed by atoms with E-state index >= 15 is 0 Å². The minimum atomic E-state index is 0.572. The van der Waals surface area contributed by atoms with E-state index in [0.29, 0.717) is 11.3 Å². The molecule has 4 heteroatoms. The molecule has 1 aromatic carbocycles. The van der Waals surface area contributed by atoms with Crippen LogP contribution in [0.15, 0.2) is 23.1 Å². The molecule has 1 N–H and O–H groups in total. The third-order valence-electron chi connectivity index (χ3n) is 4.14. The van der Waals surface area contributed by atoms with E-state index in [9.17, 15) is 0 Å². The fraction of sp³-hybridized carbons (Fsp3) is 0.625. The SMILES string of the molecule is CCCC1CCC(NC)C(Sc2cc(Cl)ccc2Cl)C1. The molecule has 1 saturated carbocycles. The van der Waals surface area contributed by atoms with Crippen molar-refractivity contribution in [3.8, 4) is 0 Å². The van der Waals surface area contributed by atoms with E-state index < -0.39 is 0 Å². The van der Waals surface area contributed by atoms with Crippen LogP contribution in [-0.2, 0) is 0 Å². The molecule has 0 spiro atoms. The summed E-state index contributed by atoms with van der Waals surface area (Å²) in [6.07, 6.45) is 6.50. The summed E-state index contributed by atoms with van der Waals surface area (Å²) in [7, 11) is 2.07. The van der Waals surface area contributed by atoms with Crippen LogP contribution >= 0.6 is 35.0 Å². The first-order chi connectivity index (χ1) is 9.63. The Kier molecular flexibility index (Phi) is 6.54. The van der Waals surface area contributed by atoms with Gasteiger partial charge in [-0.25, -0.2) is 0 Å². The van der Waals surface area contributed by atoms with Gasteiger partial charge in [0, 0.05) is 21.2 Å². The quantitative estimate of drug-likeness (QED) is 0.748. The first-order valence-electron chi connectivity index (χ1n) is 7.43. The highest BCUT2D eigenvalue weighted by Gasteiger charge is 2.30. The van der Waals surface area contributed by atoms with Gasteiger partial charge < -0.3 is 5.32 Å².